The van der Waals surface area contributed by atoms with Crippen molar-refractivity contribution in [3.63, 3.8) is 0 Å². The van der Waals surface area contributed by atoms with E-state index in [-0.39, 0.29) is 11.2 Å². The Morgan fingerprint density at radius 3 is 2.37 bits per heavy atom. The number of aliphatic hydroxyl groups is 1. The summed E-state index contributed by atoms with van der Waals surface area (Å²) in [5, 5.41) is 13.9. The maximum atomic E-state index is 13.7. The van der Waals surface area contributed by atoms with Gasteiger partial charge in [0.05, 0.1) is 6.10 Å². The first-order valence-corrected chi connectivity index (χ1v) is 13.6. The maximum Gasteiger partial charge on any atom is 0.332 e. The molecule has 0 spiro atoms. The van der Waals surface area contributed by atoms with Crippen LogP contribution in [-0.2, 0) is 32.5 Å². The fraction of sp³-hybridized carbons (Fsp3) is 0.429. The number of aryl methyl sites for hydroxylation is 2. The number of nitrogens with zero attached hydrogens (tertiary/aromatic N) is 5. The highest BCUT2D eigenvalue weighted by Gasteiger charge is 2.21. The third-order valence-corrected chi connectivity index (χ3v) is 6.90. The molecule has 3 aromatic heterocycles. The summed E-state index contributed by atoms with van der Waals surface area (Å²) < 4.78 is 4.88. The third-order valence-electron chi connectivity index (χ3n) is 6.65. The molecular formula is C28H35ClN6O3. The van der Waals surface area contributed by atoms with Crippen molar-refractivity contribution in [2.24, 2.45) is 0 Å². The number of rotatable bonds is 13. The highest BCUT2D eigenvalue weighted by molar-refractivity contribution is 6.30. The average Bonchev–Trinajstić information content (AvgIpc) is 3.28. The maximum absolute atomic E-state index is 13.7. The molecule has 4 rings (SSSR count). The van der Waals surface area contributed by atoms with Crippen molar-refractivity contribution in [1.29, 1.82) is 0 Å². The molecule has 3 heterocycles. The minimum atomic E-state index is -0.425. The van der Waals surface area contributed by atoms with Crippen molar-refractivity contribution < 1.29 is 5.11 Å². The van der Waals surface area contributed by atoms with Gasteiger partial charge in [0.2, 0.25) is 0 Å². The van der Waals surface area contributed by atoms with Crippen LogP contribution < -0.4 is 16.6 Å². The van der Waals surface area contributed by atoms with Crippen LogP contribution in [0.5, 0.6) is 0 Å². The second-order valence-corrected chi connectivity index (χ2v) is 9.85. The SMILES string of the molecule is CCCn1c(=O)c2c(nc(Cc3ccncc3)n2CCNCC(O)CC)n(CCc2ccc(Cl)cc2)c1=O. The molecule has 0 aliphatic carbocycles. The van der Waals surface area contributed by atoms with Crippen LogP contribution in [0, 0.1) is 0 Å². The van der Waals surface area contributed by atoms with Crippen molar-refractivity contribution in [2.75, 3.05) is 13.1 Å². The highest BCUT2D eigenvalue weighted by atomic mass is 35.5. The number of hydrogen-bond donors (Lipinski definition) is 2. The summed E-state index contributed by atoms with van der Waals surface area (Å²) in [6.07, 6.45) is 5.44. The van der Waals surface area contributed by atoms with E-state index in [9.17, 15) is 14.7 Å². The number of fused-ring (bicyclic) bond motifs is 1. The van der Waals surface area contributed by atoms with Gasteiger partial charge in [-0.3, -0.25) is 18.9 Å². The van der Waals surface area contributed by atoms with Gasteiger partial charge in [-0.1, -0.05) is 37.6 Å². The second kappa shape index (κ2) is 13.0. The number of aliphatic hydroxyl groups excluding tert-OH is 1. The van der Waals surface area contributed by atoms with E-state index in [2.05, 4.69) is 10.3 Å². The third kappa shape index (κ3) is 6.40. The Labute approximate surface area is 226 Å². The molecule has 0 aliphatic heterocycles. The summed E-state index contributed by atoms with van der Waals surface area (Å²) in [7, 11) is 0. The van der Waals surface area contributed by atoms with Gasteiger partial charge in [-0.25, -0.2) is 9.78 Å². The van der Waals surface area contributed by atoms with Gasteiger partial charge in [0.15, 0.2) is 11.2 Å². The first-order valence-electron chi connectivity index (χ1n) is 13.2. The molecule has 1 unspecified atom stereocenters. The normalized spacial score (nSPS) is 12.3. The van der Waals surface area contributed by atoms with Crippen LogP contribution in [0.15, 0.2) is 58.4 Å². The minimum absolute atomic E-state index is 0.323. The molecule has 1 atom stereocenters. The van der Waals surface area contributed by atoms with E-state index in [4.69, 9.17) is 16.6 Å². The van der Waals surface area contributed by atoms with Crippen LogP contribution in [-0.4, -0.2) is 48.0 Å². The molecule has 10 heteroatoms. The summed E-state index contributed by atoms with van der Waals surface area (Å²) in [6.45, 7) is 6.08. The Bertz CT molecular complexity index is 1460. The summed E-state index contributed by atoms with van der Waals surface area (Å²) >= 11 is 6.04. The van der Waals surface area contributed by atoms with Gasteiger partial charge in [-0.15, -0.1) is 0 Å². The molecule has 0 fully saturated rings. The summed E-state index contributed by atoms with van der Waals surface area (Å²) in [4.78, 5) is 36.2. The van der Waals surface area contributed by atoms with Crippen LogP contribution in [0.1, 0.15) is 43.6 Å². The predicted molar refractivity (Wildman–Crippen MR) is 150 cm³/mol. The van der Waals surface area contributed by atoms with Crippen molar-refractivity contribution in [3.05, 3.63) is 91.6 Å². The van der Waals surface area contributed by atoms with Gasteiger partial charge < -0.3 is 15.0 Å². The molecule has 1 aromatic carbocycles. The van der Waals surface area contributed by atoms with Crippen LogP contribution in [0.25, 0.3) is 11.2 Å². The molecule has 0 radical (unpaired) electrons. The van der Waals surface area contributed by atoms with Gasteiger partial charge in [0.25, 0.3) is 5.56 Å². The Morgan fingerprint density at radius 1 is 0.947 bits per heavy atom. The van der Waals surface area contributed by atoms with Gasteiger partial charge >= 0.3 is 5.69 Å². The van der Waals surface area contributed by atoms with Gasteiger partial charge in [0, 0.05) is 56.6 Å². The molecule has 38 heavy (non-hydrogen) atoms. The lowest BCUT2D eigenvalue weighted by Gasteiger charge is -2.14. The van der Waals surface area contributed by atoms with E-state index in [1.165, 1.54) is 4.57 Å². The summed E-state index contributed by atoms with van der Waals surface area (Å²) in [5.74, 6) is 0.704. The van der Waals surface area contributed by atoms with Crippen LogP contribution in [0.4, 0.5) is 0 Å². The van der Waals surface area contributed by atoms with E-state index in [1.807, 2.05) is 54.8 Å². The summed E-state index contributed by atoms with van der Waals surface area (Å²) in [6, 6.07) is 11.4. The van der Waals surface area contributed by atoms with Crippen LogP contribution in [0.2, 0.25) is 5.02 Å². The van der Waals surface area contributed by atoms with E-state index in [0.717, 1.165) is 11.1 Å². The lowest BCUT2D eigenvalue weighted by Crippen LogP contribution is -2.41. The number of imidazole rings is 1. The number of pyridine rings is 1. The predicted octanol–water partition coefficient (Wildman–Crippen LogP) is 3.01. The lowest BCUT2D eigenvalue weighted by molar-refractivity contribution is 0.167. The topological polar surface area (TPSA) is 107 Å². The molecule has 2 N–H and O–H groups in total. The smallest absolute Gasteiger partial charge is 0.332 e. The van der Waals surface area contributed by atoms with Gasteiger partial charge in [-0.2, -0.15) is 0 Å². The monoisotopic (exact) mass is 538 g/mol. The Balaban J connectivity index is 1.80. The zero-order valence-electron chi connectivity index (χ0n) is 21.9. The average molecular weight is 539 g/mol. The van der Waals surface area contributed by atoms with E-state index >= 15 is 0 Å². The number of hydrogen-bond acceptors (Lipinski definition) is 6. The minimum Gasteiger partial charge on any atom is -0.392 e. The summed E-state index contributed by atoms with van der Waals surface area (Å²) in [5.41, 5.74) is 2.21. The lowest BCUT2D eigenvalue weighted by atomic mass is 10.1. The molecule has 0 amide bonds. The van der Waals surface area contributed by atoms with Gasteiger partial charge in [-0.05, 0) is 54.7 Å². The Hall–Kier alpha value is -3.27. The van der Waals surface area contributed by atoms with Crippen LogP contribution >= 0.6 is 11.6 Å². The zero-order valence-corrected chi connectivity index (χ0v) is 22.7. The largest absolute Gasteiger partial charge is 0.392 e. The molecule has 202 valence electrons. The first kappa shape index (κ1) is 27.8. The number of aromatic nitrogens is 5. The molecular weight excluding hydrogens is 504 g/mol. The standard InChI is InChI=1S/C28H35ClN6O3/c1-3-15-35-27(37)25-26(34(28(35)38)16-11-20-5-7-22(29)8-6-20)32-24(18-21-9-12-30-13-10-21)33(25)17-14-31-19-23(36)4-2/h5-10,12-13,23,31,36H,3-4,11,14-19H2,1-2H3. The van der Waals surface area contributed by atoms with Crippen molar-refractivity contribution in [1.82, 2.24) is 29.0 Å². The van der Waals surface area contributed by atoms with Crippen molar-refractivity contribution >= 4 is 22.8 Å². The molecule has 9 nitrogen and oxygen atoms in total. The Kier molecular flexibility index (Phi) is 9.49. The number of halogens is 1. The van der Waals surface area contributed by atoms with Gasteiger partial charge in [0.1, 0.15) is 5.82 Å². The Morgan fingerprint density at radius 2 is 1.68 bits per heavy atom. The fourth-order valence-electron chi connectivity index (χ4n) is 4.51. The fourth-order valence-corrected chi connectivity index (χ4v) is 4.64. The molecule has 0 saturated heterocycles. The molecule has 0 saturated carbocycles. The molecule has 0 bridgehead atoms. The van der Waals surface area contributed by atoms with Crippen LogP contribution in [0.3, 0.4) is 0 Å². The number of benzene rings is 1. The second-order valence-electron chi connectivity index (χ2n) is 9.42. The first-order chi connectivity index (χ1) is 18.4. The number of nitrogens with one attached hydrogen (secondary N) is 1. The highest BCUT2D eigenvalue weighted by Crippen LogP contribution is 2.17. The van der Waals surface area contributed by atoms with Crippen molar-refractivity contribution in [2.45, 2.75) is 65.3 Å². The molecule has 4 aromatic rings. The quantitative estimate of drug-likeness (QED) is 0.253. The molecule has 0 aliphatic rings. The van der Waals surface area contributed by atoms with Crippen molar-refractivity contribution in [3.8, 4) is 0 Å². The van der Waals surface area contributed by atoms with E-state index in [0.29, 0.717) is 80.4 Å². The van der Waals surface area contributed by atoms with E-state index < -0.39 is 6.10 Å². The van der Waals surface area contributed by atoms with E-state index in [1.54, 1.807) is 17.0 Å². The zero-order chi connectivity index (χ0) is 27.1.